The molecule has 1 aromatic carbocycles. The van der Waals surface area contributed by atoms with Crippen LogP contribution in [0.3, 0.4) is 0 Å². The molecule has 10 heteroatoms. The molecule has 2 fully saturated rings. The molecule has 4 rings (SSSR count). The van der Waals surface area contributed by atoms with Crippen molar-refractivity contribution in [1.82, 2.24) is 9.29 Å². The van der Waals surface area contributed by atoms with Gasteiger partial charge >= 0.3 is 0 Å². The van der Waals surface area contributed by atoms with Crippen LogP contribution in [-0.2, 0) is 20.0 Å². The number of anilines is 2. The van der Waals surface area contributed by atoms with Crippen molar-refractivity contribution in [1.29, 1.82) is 0 Å². The van der Waals surface area contributed by atoms with Gasteiger partial charge in [-0.05, 0) is 62.1 Å². The van der Waals surface area contributed by atoms with Gasteiger partial charge in [0.25, 0.3) is 0 Å². The minimum absolute atomic E-state index is 0.131. The van der Waals surface area contributed by atoms with Gasteiger partial charge in [-0.25, -0.2) is 21.8 Å². The molecule has 2 aromatic rings. The summed E-state index contributed by atoms with van der Waals surface area (Å²) in [6.45, 7) is 5.80. The smallest absolute Gasteiger partial charge is 0.243 e. The predicted octanol–water partition coefficient (Wildman–Crippen LogP) is 2.14. The van der Waals surface area contributed by atoms with E-state index in [9.17, 15) is 16.8 Å². The average molecular weight is 465 g/mol. The average Bonchev–Trinajstić information content (AvgIpc) is 2.73. The summed E-state index contributed by atoms with van der Waals surface area (Å²) in [5.74, 6) is 0.977. The third-order valence-corrected chi connectivity index (χ3v) is 9.97. The number of hydrogen-bond acceptors (Lipinski definition) is 6. The zero-order valence-electron chi connectivity index (χ0n) is 17.9. The van der Waals surface area contributed by atoms with E-state index in [0.717, 1.165) is 12.2 Å². The zero-order chi connectivity index (χ0) is 22.2. The minimum atomic E-state index is -3.69. The lowest BCUT2D eigenvalue weighted by Gasteiger charge is -2.35. The molecule has 0 radical (unpaired) electrons. The van der Waals surface area contributed by atoms with E-state index in [4.69, 9.17) is 0 Å². The predicted molar refractivity (Wildman–Crippen MR) is 121 cm³/mol. The maximum atomic E-state index is 13.4. The number of piperazine rings is 1. The Labute approximate surface area is 184 Å². The molecular formula is C21H28N4O4S2. The van der Waals surface area contributed by atoms with Crippen molar-refractivity contribution >= 4 is 31.6 Å². The number of hydrogen-bond donors (Lipinski definition) is 0. The number of rotatable bonds is 4. The first-order valence-electron chi connectivity index (χ1n) is 10.5. The summed E-state index contributed by atoms with van der Waals surface area (Å²) in [7, 11) is -7.04. The summed E-state index contributed by atoms with van der Waals surface area (Å²) in [5, 5.41) is 0. The number of aromatic nitrogens is 1. The third kappa shape index (κ3) is 4.28. The molecule has 0 unspecified atom stereocenters. The van der Waals surface area contributed by atoms with Crippen molar-refractivity contribution in [2.75, 3.05) is 47.7 Å². The Balaban J connectivity index is 1.57. The summed E-state index contributed by atoms with van der Waals surface area (Å²) in [5.41, 5.74) is 1.69. The first-order valence-corrected chi connectivity index (χ1v) is 13.5. The van der Waals surface area contributed by atoms with Crippen molar-refractivity contribution in [3.05, 3.63) is 47.7 Å². The van der Waals surface area contributed by atoms with E-state index in [1.165, 1.54) is 8.61 Å². The van der Waals surface area contributed by atoms with Crippen molar-refractivity contribution in [3.8, 4) is 0 Å². The van der Waals surface area contributed by atoms with Crippen molar-refractivity contribution in [3.63, 3.8) is 0 Å². The first kappa shape index (κ1) is 22.0. The molecular weight excluding hydrogens is 436 g/mol. The van der Waals surface area contributed by atoms with Gasteiger partial charge in [-0.1, -0.05) is 6.07 Å². The van der Waals surface area contributed by atoms with Crippen LogP contribution < -0.4 is 9.21 Å². The SMILES string of the molecule is Cc1cc(N2CCCCS2(=O)=O)cc(C)c1S(=O)(=O)N1CCN(c2ccccn2)CC1. The van der Waals surface area contributed by atoms with Gasteiger partial charge in [0.2, 0.25) is 20.0 Å². The van der Waals surface area contributed by atoms with Crippen LogP contribution in [0.1, 0.15) is 24.0 Å². The second-order valence-electron chi connectivity index (χ2n) is 8.08. The van der Waals surface area contributed by atoms with Crippen molar-refractivity contribution < 1.29 is 16.8 Å². The zero-order valence-corrected chi connectivity index (χ0v) is 19.5. The van der Waals surface area contributed by atoms with Crippen LogP contribution in [0.15, 0.2) is 41.4 Å². The number of benzene rings is 1. The highest BCUT2D eigenvalue weighted by Gasteiger charge is 2.33. The molecule has 0 N–H and O–H groups in total. The van der Waals surface area contributed by atoms with Gasteiger partial charge in [-0.15, -0.1) is 0 Å². The van der Waals surface area contributed by atoms with Gasteiger partial charge in [-0.2, -0.15) is 4.31 Å². The second-order valence-corrected chi connectivity index (χ2v) is 12.0. The van der Waals surface area contributed by atoms with Gasteiger partial charge in [0, 0.05) is 38.9 Å². The van der Waals surface area contributed by atoms with Gasteiger partial charge in [-0.3, -0.25) is 4.31 Å². The normalized spacial score (nSPS) is 20.1. The largest absolute Gasteiger partial charge is 0.354 e. The van der Waals surface area contributed by atoms with Gasteiger partial charge in [0.1, 0.15) is 5.82 Å². The van der Waals surface area contributed by atoms with Gasteiger partial charge in [0.05, 0.1) is 16.3 Å². The Kier molecular flexibility index (Phi) is 5.97. The summed E-state index contributed by atoms with van der Waals surface area (Å²) in [6, 6.07) is 9.07. The molecule has 2 aliphatic rings. The second kappa shape index (κ2) is 8.40. The standard InChI is InChI=1S/C21H28N4O4S2/c1-17-15-19(25-9-5-6-14-30(25,26)27)16-18(2)21(17)31(28,29)24-12-10-23(11-13-24)20-7-3-4-8-22-20/h3-4,7-8,15-16H,5-6,9-14H2,1-2H3. The van der Waals surface area contributed by atoms with E-state index in [1.54, 1.807) is 32.2 Å². The lowest BCUT2D eigenvalue weighted by molar-refractivity contribution is 0.383. The summed E-state index contributed by atoms with van der Waals surface area (Å²) in [4.78, 5) is 6.70. The quantitative estimate of drug-likeness (QED) is 0.689. The first-order chi connectivity index (χ1) is 14.7. The van der Waals surface area contributed by atoms with E-state index >= 15 is 0 Å². The molecule has 1 aromatic heterocycles. The number of sulfonamides is 2. The molecule has 8 nitrogen and oxygen atoms in total. The van der Waals surface area contributed by atoms with Crippen molar-refractivity contribution in [2.24, 2.45) is 0 Å². The van der Waals surface area contributed by atoms with E-state index in [0.29, 0.717) is 56.0 Å². The highest BCUT2D eigenvalue weighted by atomic mass is 32.2. The number of nitrogens with zero attached hydrogens (tertiary/aromatic N) is 4. The number of aryl methyl sites for hydroxylation is 2. The molecule has 168 valence electrons. The van der Waals surface area contributed by atoms with E-state index in [2.05, 4.69) is 9.88 Å². The lowest BCUT2D eigenvalue weighted by atomic mass is 10.1. The summed E-state index contributed by atoms with van der Waals surface area (Å²) >= 11 is 0. The van der Waals surface area contributed by atoms with Crippen molar-refractivity contribution in [2.45, 2.75) is 31.6 Å². The molecule has 0 amide bonds. The molecule has 3 heterocycles. The van der Waals surface area contributed by atoms with Crippen LogP contribution in [0.25, 0.3) is 0 Å². The fraction of sp³-hybridized carbons (Fsp3) is 0.476. The Morgan fingerprint density at radius 2 is 1.61 bits per heavy atom. The molecule has 31 heavy (non-hydrogen) atoms. The highest BCUT2D eigenvalue weighted by Crippen LogP contribution is 2.32. The number of pyridine rings is 1. The molecule has 2 saturated heterocycles. The summed E-state index contributed by atoms with van der Waals surface area (Å²) in [6.07, 6.45) is 3.20. The fourth-order valence-electron chi connectivity index (χ4n) is 4.38. The molecule has 0 atom stereocenters. The van der Waals surface area contributed by atoms with E-state index in [-0.39, 0.29) is 10.6 Å². The highest BCUT2D eigenvalue weighted by molar-refractivity contribution is 7.92. The summed E-state index contributed by atoms with van der Waals surface area (Å²) < 4.78 is 54.8. The Hall–Kier alpha value is -2.17. The maximum Gasteiger partial charge on any atom is 0.243 e. The molecule has 2 aliphatic heterocycles. The molecule has 0 spiro atoms. The third-order valence-electron chi connectivity index (χ3n) is 5.89. The minimum Gasteiger partial charge on any atom is -0.354 e. The van der Waals surface area contributed by atoms with Crippen LogP contribution in [0.2, 0.25) is 0 Å². The Bertz CT molecular complexity index is 1140. The van der Waals surface area contributed by atoms with Gasteiger partial charge in [0.15, 0.2) is 0 Å². The Morgan fingerprint density at radius 3 is 2.19 bits per heavy atom. The van der Waals surface area contributed by atoms with E-state index < -0.39 is 20.0 Å². The van der Waals surface area contributed by atoms with Gasteiger partial charge < -0.3 is 4.90 Å². The molecule has 0 bridgehead atoms. The van der Waals surface area contributed by atoms with E-state index in [1.807, 2.05) is 18.2 Å². The monoisotopic (exact) mass is 464 g/mol. The van der Waals surface area contributed by atoms with Crippen LogP contribution in [0, 0.1) is 13.8 Å². The van der Waals surface area contributed by atoms with Crippen LogP contribution >= 0.6 is 0 Å². The maximum absolute atomic E-state index is 13.4. The topological polar surface area (TPSA) is 90.9 Å². The molecule has 0 aliphatic carbocycles. The lowest BCUT2D eigenvalue weighted by Crippen LogP contribution is -2.49. The Morgan fingerprint density at radius 1 is 0.935 bits per heavy atom. The fourth-order valence-corrected chi connectivity index (χ4v) is 7.84. The van der Waals surface area contributed by atoms with Crippen LogP contribution in [0.4, 0.5) is 11.5 Å². The van der Waals surface area contributed by atoms with Crippen LogP contribution in [-0.4, -0.2) is 64.6 Å². The van der Waals surface area contributed by atoms with Crippen LogP contribution in [0.5, 0.6) is 0 Å². The molecule has 0 saturated carbocycles.